The topological polar surface area (TPSA) is 32.3 Å². The van der Waals surface area contributed by atoms with Crippen LogP contribution in [0.15, 0.2) is 0 Å². The fourth-order valence-corrected chi connectivity index (χ4v) is 1.32. The van der Waals surface area contributed by atoms with E-state index in [1.807, 2.05) is 0 Å². The van der Waals surface area contributed by atoms with E-state index in [9.17, 15) is 4.79 Å². The van der Waals surface area contributed by atoms with Gasteiger partial charge in [-0.1, -0.05) is 0 Å². The van der Waals surface area contributed by atoms with Crippen molar-refractivity contribution in [2.45, 2.75) is 39.2 Å². The zero-order valence-corrected chi connectivity index (χ0v) is 10.8. The van der Waals surface area contributed by atoms with Crippen LogP contribution < -0.4 is 5.32 Å². The minimum atomic E-state index is 0.0576. The van der Waals surface area contributed by atoms with Gasteiger partial charge >= 0.3 is 0 Å². The van der Waals surface area contributed by atoms with E-state index >= 15 is 0 Å². The Morgan fingerprint density at radius 2 is 2.07 bits per heavy atom. The first-order valence-electron chi connectivity index (χ1n) is 5.60. The summed E-state index contributed by atoms with van der Waals surface area (Å²) in [7, 11) is 2.12. The summed E-state index contributed by atoms with van der Waals surface area (Å²) in [5, 5.41) is 2.84. The van der Waals surface area contributed by atoms with Crippen LogP contribution in [-0.2, 0) is 4.79 Å². The molecular weight excluding hydrogens is 212 g/mol. The lowest BCUT2D eigenvalue weighted by molar-refractivity contribution is -0.120. The number of hydrogen-bond donors (Lipinski definition) is 1. The van der Waals surface area contributed by atoms with Crippen LogP contribution in [0.5, 0.6) is 0 Å². The normalized spacial score (nSPS) is 11.1. The van der Waals surface area contributed by atoms with Crippen LogP contribution in [0.3, 0.4) is 0 Å². The molecule has 0 unspecified atom stereocenters. The number of rotatable bonds is 8. The van der Waals surface area contributed by atoms with E-state index in [1.165, 1.54) is 0 Å². The van der Waals surface area contributed by atoms with E-state index in [0.717, 1.165) is 25.9 Å². The van der Waals surface area contributed by atoms with E-state index in [2.05, 4.69) is 31.1 Å². The standard InChI is InChI=1S/C11H23ClN2O/c1-10(2)14(3)9-5-4-8-13-11(15)6-7-12/h10H,4-9H2,1-3H3,(H,13,15). The van der Waals surface area contributed by atoms with Crippen molar-refractivity contribution in [2.24, 2.45) is 0 Å². The molecule has 0 aromatic carbocycles. The van der Waals surface area contributed by atoms with Gasteiger partial charge in [-0.15, -0.1) is 11.6 Å². The maximum atomic E-state index is 11.0. The number of amides is 1. The Bertz CT molecular complexity index is 174. The van der Waals surface area contributed by atoms with Gasteiger partial charge in [0.25, 0.3) is 0 Å². The van der Waals surface area contributed by atoms with Crippen LogP contribution in [0.2, 0.25) is 0 Å². The maximum Gasteiger partial charge on any atom is 0.221 e. The molecule has 0 aliphatic heterocycles. The second-order valence-electron chi connectivity index (χ2n) is 4.07. The number of nitrogens with zero attached hydrogens (tertiary/aromatic N) is 1. The lowest BCUT2D eigenvalue weighted by atomic mass is 10.2. The Labute approximate surface area is 98.2 Å². The summed E-state index contributed by atoms with van der Waals surface area (Å²) in [6.45, 7) is 6.22. The van der Waals surface area contributed by atoms with Crippen molar-refractivity contribution in [3.8, 4) is 0 Å². The fourth-order valence-electron chi connectivity index (χ4n) is 1.15. The third kappa shape index (κ3) is 8.70. The highest BCUT2D eigenvalue weighted by atomic mass is 35.5. The average molecular weight is 235 g/mol. The molecule has 0 spiro atoms. The Balaban J connectivity index is 3.28. The van der Waals surface area contributed by atoms with Crippen molar-refractivity contribution in [3.05, 3.63) is 0 Å². The first kappa shape index (κ1) is 14.7. The zero-order valence-electron chi connectivity index (χ0n) is 10.1. The van der Waals surface area contributed by atoms with Crippen LogP contribution in [0.1, 0.15) is 33.1 Å². The van der Waals surface area contributed by atoms with Gasteiger partial charge in [-0.25, -0.2) is 0 Å². The lowest BCUT2D eigenvalue weighted by Gasteiger charge is -2.20. The highest BCUT2D eigenvalue weighted by Crippen LogP contribution is 1.97. The monoisotopic (exact) mass is 234 g/mol. The largest absolute Gasteiger partial charge is 0.356 e. The minimum absolute atomic E-state index is 0.0576. The van der Waals surface area contributed by atoms with Crippen molar-refractivity contribution < 1.29 is 4.79 Å². The van der Waals surface area contributed by atoms with E-state index in [-0.39, 0.29) is 5.91 Å². The molecule has 90 valence electrons. The number of unbranched alkanes of at least 4 members (excludes halogenated alkanes) is 1. The average Bonchev–Trinajstić information content (AvgIpc) is 2.17. The summed E-state index contributed by atoms with van der Waals surface area (Å²) >= 11 is 5.45. The predicted octanol–water partition coefficient (Wildman–Crippen LogP) is 1.85. The van der Waals surface area contributed by atoms with Gasteiger partial charge in [0.15, 0.2) is 0 Å². The van der Waals surface area contributed by atoms with Crippen molar-refractivity contribution in [3.63, 3.8) is 0 Å². The van der Waals surface area contributed by atoms with Gasteiger partial charge in [-0.2, -0.15) is 0 Å². The molecule has 4 heteroatoms. The van der Waals surface area contributed by atoms with Gasteiger partial charge in [0, 0.05) is 24.9 Å². The second kappa shape index (κ2) is 8.98. The summed E-state index contributed by atoms with van der Waals surface area (Å²) < 4.78 is 0. The molecule has 1 N–H and O–H groups in total. The van der Waals surface area contributed by atoms with Crippen LogP contribution >= 0.6 is 11.6 Å². The molecule has 0 heterocycles. The first-order chi connectivity index (χ1) is 7.07. The lowest BCUT2D eigenvalue weighted by Crippen LogP contribution is -2.29. The summed E-state index contributed by atoms with van der Waals surface area (Å²) in [6, 6.07) is 0.593. The van der Waals surface area contributed by atoms with Crippen LogP contribution in [0, 0.1) is 0 Å². The van der Waals surface area contributed by atoms with Gasteiger partial charge in [-0.05, 0) is 40.3 Å². The highest BCUT2D eigenvalue weighted by molar-refractivity contribution is 6.18. The number of hydrogen-bond acceptors (Lipinski definition) is 2. The molecule has 0 aromatic rings. The van der Waals surface area contributed by atoms with Gasteiger partial charge in [-0.3, -0.25) is 4.79 Å². The van der Waals surface area contributed by atoms with Crippen molar-refractivity contribution in [1.82, 2.24) is 10.2 Å². The van der Waals surface area contributed by atoms with E-state index in [4.69, 9.17) is 11.6 Å². The molecular formula is C11H23ClN2O. The Kier molecular flexibility index (Phi) is 8.82. The predicted molar refractivity (Wildman–Crippen MR) is 65.3 cm³/mol. The van der Waals surface area contributed by atoms with Crippen molar-refractivity contribution in [2.75, 3.05) is 26.0 Å². The fraction of sp³-hybridized carbons (Fsp3) is 0.909. The van der Waals surface area contributed by atoms with Gasteiger partial charge in [0.2, 0.25) is 5.91 Å². The molecule has 3 nitrogen and oxygen atoms in total. The summed E-state index contributed by atoms with van der Waals surface area (Å²) in [5.41, 5.74) is 0. The number of nitrogens with one attached hydrogen (secondary N) is 1. The third-order valence-electron chi connectivity index (χ3n) is 2.46. The molecule has 0 bridgehead atoms. The van der Waals surface area contributed by atoms with Crippen LogP contribution in [0.4, 0.5) is 0 Å². The first-order valence-corrected chi connectivity index (χ1v) is 6.14. The zero-order chi connectivity index (χ0) is 11.7. The molecule has 0 radical (unpaired) electrons. The number of alkyl halides is 1. The molecule has 0 fully saturated rings. The molecule has 0 atom stereocenters. The summed E-state index contributed by atoms with van der Waals surface area (Å²) in [6.07, 6.45) is 2.58. The summed E-state index contributed by atoms with van der Waals surface area (Å²) in [4.78, 5) is 13.3. The molecule has 0 rings (SSSR count). The van der Waals surface area contributed by atoms with Crippen molar-refractivity contribution in [1.29, 1.82) is 0 Å². The summed E-state index contributed by atoms with van der Waals surface area (Å²) in [5.74, 6) is 0.462. The Morgan fingerprint density at radius 3 is 2.60 bits per heavy atom. The van der Waals surface area contributed by atoms with Crippen molar-refractivity contribution >= 4 is 17.5 Å². The second-order valence-corrected chi connectivity index (χ2v) is 4.45. The Hall–Kier alpha value is -0.280. The quantitative estimate of drug-likeness (QED) is 0.514. The molecule has 0 aliphatic rings. The molecule has 1 amide bonds. The van der Waals surface area contributed by atoms with Gasteiger partial charge < -0.3 is 10.2 Å². The minimum Gasteiger partial charge on any atom is -0.356 e. The molecule has 0 aliphatic carbocycles. The van der Waals surface area contributed by atoms with E-state index < -0.39 is 0 Å². The molecule has 0 saturated heterocycles. The smallest absolute Gasteiger partial charge is 0.221 e. The third-order valence-corrected chi connectivity index (χ3v) is 2.65. The molecule has 15 heavy (non-hydrogen) atoms. The van der Waals surface area contributed by atoms with Gasteiger partial charge in [0.05, 0.1) is 0 Å². The molecule has 0 aromatic heterocycles. The van der Waals surface area contributed by atoms with Gasteiger partial charge in [0.1, 0.15) is 0 Å². The van der Waals surface area contributed by atoms with Crippen LogP contribution in [-0.4, -0.2) is 42.9 Å². The SMILES string of the molecule is CC(C)N(C)CCCCNC(=O)CCCl. The van der Waals surface area contributed by atoms with E-state index in [1.54, 1.807) is 0 Å². The highest BCUT2D eigenvalue weighted by Gasteiger charge is 2.02. The van der Waals surface area contributed by atoms with E-state index in [0.29, 0.717) is 18.3 Å². The molecule has 0 saturated carbocycles. The maximum absolute atomic E-state index is 11.0. The number of carbonyl (C=O) groups excluding carboxylic acids is 1. The van der Waals surface area contributed by atoms with Crippen LogP contribution in [0.25, 0.3) is 0 Å². The number of carbonyl (C=O) groups is 1. The Morgan fingerprint density at radius 1 is 1.40 bits per heavy atom. The number of halogens is 1.